The van der Waals surface area contributed by atoms with Crippen molar-refractivity contribution in [3.8, 4) is 0 Å². The fourth-order valence-electron chi connectivity index (χ4n) is 8.01. The van der Waals surface area contributed by atoms with Gasteiger partial charge in [0.25, 0.3) is 0 Å². The summed E-state index contributed by atoms with van der Waals surface area (Å²) < 4.78 is 16.8. The Morgan fingerprint density at radius 3 is 0.881 bits per heavy atom. The number of carbonyl (C=O) groups excluding carboxylic acids is 3. The van der Waals surface area contributed by atoms with Gasteiger partial charge < -0.3 is 14.2 Å². The molecule has 350 valence electrons. The third-order valence-electron chi connectivity index (χ3n) is 12.4. The molecule has 2 atom stereocenters. The van der Waals surface area contributed by atoms with Crippen LogP contribution in [0.3, 0.4) is 0 Å². The lowest BCUT2D eigenvalue weighted by Crippen LogP contribution is -2.30. The molecule has 0 fully saturated rings. The zero-order chi connectivity index (χ0) is 43.1. The van der Waals surface area contributed by atoms with Gasteiger partial charge in [-0.05, 0) is 25.2 Å². The molecule has 0 aliphatic rings. The molecule has 0 saturated carbocycles. The molecule has 0 heterocycles. The Morgan fingerprint density at radius 1 is 0.339 bits per heavy atom. The van der Waals surface area contributed by atoms with Gasteiger partial charge in [-0.15, -0.1) is 0 Å². The van der Waals surface area contributed by atoms with E-state index in [0.29, 0.717) is 19.3 Å². The van der Waals surface area contributed by atoms with Gasteiger partial charge in [-0.3, -0.25) is 14.4 Å². The van der Waals surface area contributed by atoms with Crippen LogP contribution in [0.25, 0.3) is 0 Å². The van der Waals surface area contributed by atoms with E-state index in [2.05, 4.69) is 27.7 Å². The molecule has 0 N–H and O–H groups in total. The van der Waals surface area contributed by atoms with E-state index in [1.165, 1.54) is 193 Å². The van der Waals surface area contributed by atoms with Crippen LogP contribution in [0.1, 0.15) is 297 Å². The van der Waals surface area contributed by atoms with E-state index in [1.54, 1.807) is 0 Å². The molecule has 0 aliphatic heterocycles. The number of ether oxygens (including phenoxy) is 3. The van der Waals surface area contributed by atoms with Crippen LogP contribution in [-0.2, 0) is 28.6 Å². The summed E-state index contributed by atoms with van der Waals surface area (Å²) in [6.07, 6.45) is 49.3. The van der Waals surface area contributed by atoms with E-state index < -0.39 is 6.10 Å². The molecular weight excluding hydrogens is 733 g/mol. The first-order valence-electron chi connectivity index (χ1n) is 26.4. The van der Waals surface area contributed by atoms with Gasteiger partial charge in [0.15, 0.2) is 6.10 Å². The Hall–Kier alpha value is -1.59. The first-order chi connectivity index (χ1) is 28.9. The maximum absolute atomic E-state index is 12.8. The van der Waals surface area contributed by atoms with E-state index in [0.717, 1.165) is 63.7 Å². The Kier molecular flexibility index (Phi) is 46.2. The van der Waals surface area contributed by atoms with Crippen molar-refractivity contribution in [3.63, 3.8) is 0 Å². The zero-order valence-corrected chi connectivity index (χ0v) is 40.2. The highest BCUT2D eigenvalue weighted by Gasteiger charge is 2.19. The van der Waals surface area contributed by atoms with Gasteiger partial charge in [-0.2, -0.15) is 0 Å². The summed E-state index contributed by atoms with van der Waals surface area (Å²) in [5.41, 5.74) is 0. The summed E-state index contributed by atoms with van der Waals surface area (Å²) >= 11 is 0. The fraction of sp³-hybridized carbons (Fsp3) is 0.943. The molecule has 0 saturated heterocycles. The van der Waals surface area contributed by atoms with Crippen molar-refractivity contribution >= 4 is 17.9 Å². The molecule has 0 aliphatic carbocycles. The number of rotatable bonds is 48. The van der Waals surface area contributed by atoms with Crippen molar-refractivity contribution in [2.45, 2.75) is 303 Å². The average molecular weight is 835 g/mol. The molecule has 59 heavy (non-hydrogen) atoms. The van der Waals surface area contributed by atoms with Crippen LogP contribution >= 0.6 is 0 Å². The Morgan fingerprint density at radius 2 is 0.593 bits per heavy atom. The van der Waals surface area contributed by atoms with E-state index in [4.69, 9.17) is 14.2 Å². The highest BCUT2D eigenvalue weighted by Crippen LogP contribution is 2.18. The van der Waals surface area contributed by atoms with Gasteiger partial charge in [-0.1, -0.05) is 259 Å². The lowest BCUT2D eigenvalue weighted by atomic mass is 9.99. The quantitative estimate of drug-likeness (QED) is 0.0345. The normalized spacial score (nSPS) is 12.4. The summed E-state index contributed by atoms with van der Waals surface area (Å²) in [4.78, 5) is 37.9. The summed E-state index contributed by atoms with van der Waals surface area (Å²) in [7, 11) is 0. The number of esters is 3. The SMILES string of the molecule is CCCCCCCCCCCCCCC(=O)O[C@@H](COC(=O)CCCCCCCCCCCCC)COC(=O)CCCCCCCCCCCCCCCCC(C)CC. The number of hydrogen-bond acceptors (Lipinski definition) is 6. The van der Waals surface area contributed by atoms with Crippen LogP contribution in [-0.4, -0.2) is 37.2 Å². The van der Waals surface area contributed by atoms with Crippen LogP contribution in [0, 0.1) is 5.92 Å². The summed E-state index contributed by atoms with van der Waals surface area (Å²) in [5, 5.41) is 0. The average Bonchev–Trinajstić information content (AvgIpc) is 3.23. The fourth-order valence-corrected chi connectivity index (χ4v) is 8.01. The van der Waals surface area contributed by atoms with Crippen LogP contribution < -0.4 is 0 Å². The summed E-state index contributed by atoms with van der Waals surface area (Å²) in [6.45, 7) is 9.06. The third-order valence-corrected chi connectivity index (χ3v) is 12.4. The molecular formula is C53H102O6. The lowest BCUT2D eigenvalue weighted by Gasteiger charge is -2.18. The molecule has 0 spiro atoms. The molecule has 0 bridgehead atoms. The van der Waals surface area contributed by atoms with Gasteiger partial charge in [0.05, 0.1) is 0 Å². The molecule has 0 aromatic carbocycles. The monoisotopic (exact) mass is 835 g/mol. The first-order valence-corrected chi connectivity index (χ1v) is 26.4. The molecule has 0 aromatic rings. The molecule has 6 nitrogen and oxygen atoms in total. The van der Waals surface area contributed by atoms with Gasteiger partial charge in [0.1, 0.15) is 13.2 Å². The number of unbranched alkanes of at least 4 members (excludes halogenated alkanes) is 34. The molecule has 1 unspecified atom stereocenters. The van der Waals surface area contributed by atoms with E-state index in [9.17, 15) is 14.4 Å². The second kappa shape index (κ2) is 47.5. The highest BCUT2D eigenvalue weighted by molar-refractivity contribution is 5.71. The van der Waals surface area contributed by atoms with E-state index >= 15 is 0 Å². The Bertz CT molecular complexity index is 889. The predicted molar refractivity (Wildman–Crippen MR) is 252 cm³/mol. The Balaban J connectivity index is 4.26. The number of carbonyl (C=O) groups is 3. The van der Waals surface area contributed by atoms with Crippen molar-refractivity contribution in [2.75, 3.05) is 13.2 Å². The van der Waals surface area contributed by atoms with Gasteiger partial charge >= 0.3 is 17.9 Å². The summed E-state index contributed by atoms with van der Waals surface area (Å²) in [6, 6.07) is 0. The minimum Gasteiger partial charge on any atom is -0.462 e. The molecule has 0 rings (SSSR count). The molecule has 6 heteroatoms. The van der Waals surface area contributed by atoms with Gasteiger partial charge in [-0.25, -0.2) is 0 Å². The zero-order valence-electron chi connectivity index (χ0n) is 40.2. The lowest BCUT2D eigenvalue weighted by molar-refractivity contribution is -0.167. The molecule has 0 amide bonds. The van der Waals surface area contributed by atoms with Crippen molar-refractivity contribution in [2.24, 2.45) is 5.92 Å². The maximum atomic E-state index is 12.8. The summed E-state index contributed by atoms with van der Waals surface area (Å²) in [5.74, 6) is 0.0522. The largest absolute Gasteiger partial charge is 0.462 e. The van der Waals surface area contributed by atoms with Crippen LogP contribution in [0.2, 0.25) is 0 Å². The smallest absolute Gasteiger partial charge is 0.306 e. The van der Waals surface area contributed by atoms with Crippen molar-refractivity contribution in [1.82, 2.24) is 0 Å². The van der Waals surface area contributed by atoms with Crippen molar-refractivity contribution in [1.29, 1.82) is 0 Å². The maximum Gasteiger partial charge on any atom is 0.306 e. The molecule has 0 aromatic heterocycles. The van der Waals surface area contributed by atoms with Crippen LogP contribution in [0.15, 0.2) is 0 Å². The topological polar surface area (TPSA) is 78.9 Å². The number of hydrogen-bond donors (Lipinski definition) is 0. The highest BCUT2D eigenvalue weighted by atomic mass is 16.6. The van der Waals surface area contributed by atoms with E-state index in [1.807, 2.05) is 0 Å². The van der Waals surface area contributed by atoms with E-state index in [-0.39, 0.29) is 31.1 Å². The minimum absolute atomic E-state index is 0.0625. The Labute approximate surface area is 368 Å². The third kappa shape index (κ3) is 45.8. The predicted octanol–water partition coefficient (Wildman–Crippen LogP) is 17.1. The van der Waals surface area contributed by atoms with Crippen LogP contribution in [0.4, 0.5) is 0 Å². The van der Waals surface area contributed by atoms with Crippen LogP contribution in [0.5, 0.6) is 0 Å². The minimum atomic E-state index is -0.760. The van der Waals surface area contributed by atoms with Gasteiger partial charge in [0.2, 0.25) is 0 Å². The van der Waals surface area contributed by atoms with Gasteiger partial charge in [0, 0.05) is 19.3 Å². The first kappa shape index (κ1) is 57.4. The standard InChI is InChI=1S/C53H102O6/c1-5-8-10-12-14-16-18-25-30-34-38-42-46-53(56)59-50(47-57-51(54)44-40-36-32-28-23-17-15-13-11-9-6-2)48-58-52(55)45-41-37-33-29-26-22-20-19-21-24-27-31-35-39-43-49(4)7-3/h49-50H,5-48H2,1-4H3/t49?,50-/m0/s1. The van der Waals surface area contributed by atoms with Crippen molar-refractivity contribution in [3.05, 3.63) is 0 Å². The second-order valence-electron chi connectivity index (χ2n) is 18.4. The van der Waals surface area contributed by atoms with Crippen molar-refractivity contribution < 1.29 is 28.6 Å². The molecule has 0 radical (unpaired) electrons. The second-order valence-corrected chi connectivity index (χ2v) is 18.4.